The number of fused-ring (bicyclic) bond motifs is 1. The van der Waals surface area contributed by atoms with Crippen molar-refractivity contribution in [3.8, 4) is 5.75 Å². The lowest BCUT2D eigenvalue weighted by Gasteiger charge is -2.36. The number of ether oxygens (including phenoxy) is 1. The van der Waals surface area contributed by atoms with E-state index in [1.54, 1.807) is 36.4 Å². The minimum absolute atomic E-state index is 0.0824. The van der Waals surface area contributed by atoms with Crippen LogP contribution in [0.15, 0.2) is 54.6 Å². The Labute approximate surface area is 252 Å². The number of imide groups is 1. The summed E-state index contributed by atoms with van der Waals surface area (Å²) in [6.45, 7) is 2.97. The molecule has 228 valence electrons. The zero-order valence-corrected chi connectivity index (χ0v) is 23.9. The highest BCUT2D eigenvalue weighted by Crippen LogP contribution is 2.34. The number of benzene rings is 3. The second-order valence-electron chi connectivity index (χ2n) is 11.2. The molecule has 2 fully saturated rings. The van der Waals surface area contributed by atoms with Crippen molar-refractivity contribution < 1.29 is 32.7 Å². The Morgan fingerprint density at radius 2 is 1.77 bits per heavy atom. The number of primary amides is 1. The normalized spacial score (nSPS) is 18.8. The van der Waals surface area contributed by atoms with Crippen LogP contribution in [0, 0.1) is 11.6 Å². The maximum atomic E-state index is 15.1. The average Bonchev–Trinajstić information content (AvgIpc) is 3.34. The molecule has 2 saturated heterocycles. The van der Waals surface area contributed by atoms with Crippen LogP contribution < -0.4 is 20.7 Å². The number of carbonyl (C=O) groups is 4. The number of nitrogens with zero attached hydrogens (tertiary/aromatic N) is 3. The van der Waals surface area contributed by atoms with E-state index in [2.05, 4.69) is 10.2 Å². The van der Waals surface area contributed by atoms with Gasteiger partial charge >= 0.3 is 0 Å². The number of hydrogen-bond acceptors (Lipinski definition) is 7. The molecule has 0 spiro atoms. The number of anilines is 1. The first-order chi connectivity index (χ1) is 21.2. The second kappa shape index (κ2) is 12.0. The summed E-state index contributed by atoms with van der Waals surface area (Å²) in [7, 11) is 0. The molecule has 6 rings (SSSR count). The lowest BCUT2D eigenvalue weighted by Crippen LogP contribution is -2.52. The van der Waals surface area contributed by atoms with E-state index in [1.165, 1.54) is 17.0 Å². The smallest absolute Gasteiger partial charge is 0.255 e. The van der Waals surface area contributed by atoms with E-state index >= 15 is 4.39 Å². The summed E-state index contributed by atoms with van der Waals surface area (Å²) >= 11 is 0. The van der Waals surface area contributed by atoms with Crippen LogP contribution in [0.5, 0.6) is 5.75 Å². The molecule has 3 aromatic rings. The van der Waals surface area contributed by atoms with E-state index in [1.807, 2.05) is 4.90 Å². The van der Waals surface area contributed by atoms with Crippen molar-refractivity contribution in [1.29, 1.82) is 0 Å². The van der Waals surface area contributed by atoms with Crippen LogP contribution in [0.2, 0.25) is 0 Å². The van der Waals surface area contributed by atoms with Gasteiger partial charge in [0, 0.05) is 61.4 Å². The molecule has 0 aromatic heterocycles. The number of carbonyl (C=O) groups excluding carboxylic acids is 4. The zero-order chi connectivity index (χ0) is 31.0. The van der Waals surface area contributed by atoms with Crippen LogP contribution in [0.1, 0.15) is 50.2 Å². The van der Waals surface area contributed by atoms with Gasteiger partial charge in [0.25, 0.3) is 5.91 Å². The predicted octanol–water partition coefficient (Wildman–Crippen LogP) is 2.73. The first-order valence-electron chi connectivity index (χ1n) is 14.4. The number of rotatable bonds is 8. The Balaban J connectivity index is 1.05. The van der Waals surface area contributed by atoms with E-state index in [4.69, 9.17) is 10.5 Å². The molecular weight excluding hydrogens is 572 g/mol. The molecule has 0 radical (unpaired) electrons. The van der Waals surface area contributed by atoms with Gasteiger partial charge in [0.1, 0.15) is 30.0 Å². The van der Waals surface area contributed by atoms with E-state index in [9.17, 15) is 23.6 Å². The van der Waals surface area contributed by atoms with Crippen LogP contribution in [0.25, 0.3) is 0 Å². The molecule has 3 aliphatic rings. The molecule has 4 amide bonds. The molecule has 1 atom stereocenters. The van der Waals surface area contributed by atoms with Gasteiger partial charge < -0.3 is 20.3 Å². The van der Waals surface area contributed by atoms with Crippen molar-refractivity contribution in [2.45, 2.75) is 38.6 Å². The molecule has 44 heavy (non-hydrogen) atoms. The summed E-state index contributed by atoms with van der Waals surface area (Å²) < 4.78 is 35.7. The van der Waals surface area contributed by atoms with Gasteiger partial charge in [-0.15, -0.1) is 0 Å². The maximum Gasteiger partial charge on any atom is 0.255 e. The van der Waals surface area contributed by atoms with Crippen molar-refractivity contribution in [2.24, 2.45) is 5.73 Å². The number of amides is 4. The quantitative estimate of drug-likeness (QED) is 0.380. The monoisotopic (exact) mass is 603 g/mol. The van der Waals surface area contributed by atoms with Gasteiger partial charge in [-0.2, -0.15) is 0 Å². The molecule has 3 heterocycles. The molecule has 0 aliphatic carbocycles. The lowest BCUT2D eigenvalue weighted by molar-refractivity contribution is -0.136. The van der Waals surface area contributed by atoms with Gasteiger partial charge in [-0.25, -0.2) is 8.78 Å². The fourth-order valence-corrected chi connectivity index (χ4v) is 5.97. The van der Waals surface area contributed by atoms with Gasteiger partial charge in [0.05, 0.1) is 12.2 Å². The van der Waals surface area contributed by atoms with Crippen LogP contribution in [-0.4, -0.2) is 65.6 Å². The molecule has 0 unspecified atom stereocenters. The molecular formula is C32H31F2N5O5. The molecule has 3 N–H and O–H groups in total. The molecule has 3 aromatic carbocycles. The lowest BCUT2D eigenvalue weighted by atomic mass is 10.0. The van der Waals surface area contributed by atoms with E-state index < -0.39 is 23.7 Å². The molecule has 0 bridgehead atoms. The number of nitrogens with one attached hydrogen (secondary N) is 1. The first kappa shape index (κ1) is 29.2. The van der Waals surface area contributed by atoms with Crippen LogP contribution >= 0.6 is 0 Å². The average molecular weight is 604 g/mol. The summed E-state index contributed by atoms with van der Waals surface area (Å²) in [4.78, 5) is 53.7. The van der Waals surface area contributed by atoms with Crippen LogP contribution in [0.4, 0.5) is 14.5 Å². The van der Waals surface area contributed by atoms with Crippen molar-refractivity contribution in [1.82, 2.24) is 15.1 Å². The van der Waals surface area contributed by atoms with E-state index in [-0.39, 0.29) is 49.2 Å². The zero-order valence-electron chi connectivity index (χ0n) is 23.9. The van der Waals surface area contributed by atoms with Gasteiger partial charge in [-0.3, -0.25) is 29.4 Å². The highest BCUT2D eigenvalue weighted by molar-refractivity contribution is 6.05. The molecule has 0 saturated carbocycles. The number of halogens is 2. The standard InChI is InChI=1S/C32H31F2N5O5/c33-24-14-19(4-5-21(24)16-37-10-12-38(13-11-37)26-7-6-20(30(35)41)15-25(26)34)18-44-28-3-1-2-22-23(28)17-39(32(22)43)27-8-9-29(40)36-31(27)42/h1-7,14-15,27H,8-13,16-18H2,(H2,35,41)(H,36,40,42)/t27-/m0/s1. The fraction of sp³-hybridized carbons (Fsp3) is 0.312. The SMILES string of the molecule is NC(=O)c1ccc(N2CCN(Cc3ccc(COc4cccc5c4CN([C@H]4CCC(=O)NC4=O)C5=O)cc3F)CC2)c(F)c1. The predicted molar refractivity (Wildman–Crippen MR) is 156 cm³/mol. The van der Waals surface area contributed by atoms with Crippen molar-refractivity contribution in [3.63, 3.8) is 0 Å². The van der Waals surface area contributed by atoms with Crippen LogP contribution in [-0.2, 0) is 29.3 Å². The Morgan fingerprint density at radius 3 is 2.48 bits per heavy atom. The number of hydrogen-bond donors (Lipinski definition) is 2. The van der Waals surface area contributed by atoms with E-state index in [0.717, 1.165) is 6.07 Å². The Kier molecular flexibility index (Phi) is 8.00. The minimum Gasteiger partial charge on any atom is -0.489 e. The number of piperazine rings is 1. The van der Waals surface area contributed by atoms with Gasteiger partial charge in [-0.05, 0) is 48.4 Å². The summed E-state index contributed by atoms with van der Waals surface area (Å²) in [5.74, 6) is -2.18. The molecule has 10 nitrogen and oxygen atoms in total. The summed E-state index contributed by atoms with van der Waals surface area (Å²) in [6.07, 6.45) is 0.443. The summed E-state index contributed by atoms with van der Waals surface area (Å²) in [6, 6.07) is 13.6. The first-order valence-corrected chi connectivity index (χ1v) is 14.4. The Hall–Kier alpha value is -4.84. The van der Waals surface area contributed by atoms with Gasteiger partial charge in [0.15, 0.2) is 0 Å². The summed E-state index contributed by atoms with van der Waals surface area (Å²) in [5.41, 5.74) is 8.01. The Bertz CT molecular complexity index is 1660. The topological polar surface area (TPSA) is 125 Å². The van der Waals surface area contributed by atoms with Crippen molar-refractivity contribution in [3.05, 3.63) is 94.0 Å². The van der Waals surface area contributed by atoms with Crippen molar-refractivity contribution >= 4 is 29.3 Å². The van der Waals surface area contributed by atoms with Gasteiger partial charge in [0.2, 0.25) is 17.7 Å². The largest absolute Gasteiger partial charge is 0.489 e. The van der Waals surface area contributed by atoms with E-state index in [0.29, 0.717) is 66.4 Å². The number of piperidine rings is 1. The fourth-order valence-electron chi connectivity index (χ4n) is 5.97. The third-order valence-electron chi connectivity index (χ3n) is 8.39. The second-order valence-corrected chi connectivity index (χ2v) is 11.2. The number of nitrogens with two attached hydrogens (primary N) is 1. The van der Waals surface area contributed by atoms with Crippen molar-refractivity contribution in [2.75, 3.05) is 31.1 Å². The van der Waals surface area contributed by atoms with Gasteiger partial charge in [-0.1, -0.05) is 18.2 Å². The highest BCUT2D eigenvalue weighted by Gasteiger charge is 2.40. The third kappa shape index (κ3) is 5.85. The molecule has 12 heteroatoms. The highest BCUT2D eigenvalue weighted by atomic mass is 19.1. The third-order valence-corrected chi connectivity index (χ3v) is 8.39. The maximum absolute atomic E-state index is 15.1. The molecule has 3 aliphatic heterocycles. The van der Waals surface area contributed by atoms with Crippen LogP contribution in [0.3, 0.4) is 0 Å². The Morgan fingerprint density at radius 1 is 0.977 bits per heavy atom. The minimum atomic E-state index is -0.721. The summed E-state index contributed by atoms with van der Waals surface area (Å²) in [5, 5.41) is 2.30.